The molecule has 0 spiro atoms. The third-order valence-corrected chi connectivity index (χ3v) is 4.79. The molecule has 1 amide bonds. The Morgan fingerprint density at radius 2 is 1.95 bits per heavy atom. The molecule has 1 heterocycles. The molecule has 3 unspecified atom stereocenters. The van der Waals surface area contributed by atoms with Gasteiger partial charge in [0, 0.05) is 12.6 Å². The molecule has 1 aliphatic heterocycles. The lowest BCUT2D eigenvalue weighted by atomic mass is 9.78. The van der Waals surface area contributed by atoms with Gasteiger partial charge in [0.25, 0.3) is 0 Å². The van der Waals surface area contributed by atoms with Crippen LogP contribution in [-0.2, 0) is 9.53 Å². The second-order valence-corrected chi connectivity index (χ2v) is 6.14. The van der Waals surface area contributed by atoms with Crippen LogP contribution in [0.15, 0.2) is 0 Å². The van der Waals surface area contributed by atoms with E-state index in [2.05, 4.69) is 24.5 Å². The SMILES string of the molecule is CC(NC(=O)C1COCCN1)C(C)C1CCCCC1.Cl. The van der Waals surface area contributed by atoms with Gasteiger partial charge >= 0.3 is 0 Å². The number of halogens is 1. The maximum Gasteiger partial charge on any atom is 0.239 e. The predicted molar refractivity (Wildman–Crippen MR) is 83.2 cm³/mol. The number of morpholine rings is 1. The number of hydrogen-bond donors (Lipinski definition) is 2. The third-order valence-electron chi connectivity index (χ3n) is 4.79. The molecule has 2 N–H and O–H groups in total. The quantitative estimate of drug-likeness (QED) is 0.836. The van der Waals surface area contributed by atoms with Gasteiger partial charge in [0.1, 0.15) is 6.04 Å². The topological polar surface area (TPSA) is 50.4 Å². The summed E-state index contributed by atoms with van der Waals surface area (Å²) in [7, 11) is 0. The molecule has 0 radical (unpaired) electrons. The van der Waals surface area contributed by atoms with Crippen molar-refractivity contribution in [3.8, 4) is 0 Å². The van der Waals surface area contributed by atoms with Gasteiger partial charge in [-0.1, -0.05) is 39.0 Å². The van der Waals surface area contributed by atoms with Crippen molar-refractivity contribution >= 4 is 18.3 Å². The van der Waals surface area contributed by atoms with Crippen LogP contribution in [0.3, 0.4) is 0 Å². The van der Waals surface area contributed by atoms with E-state index in [1.807, 2.05) is 0 Å². The van der Waals surface area contributed by atoms with Crippen molar-refractivity contribution in [1.29, 1.82) is 0 Å². The molecule has 1 saturated carbocycles. The lowest BCUT2D eigenvalue weighted by Gasteiger charge is -2.33. The molecule has 118 valence electrons. The molecular weight excluding hydrogens is 276 g/mol. The number of hydrogen-bond acceptors (Lipinski definition) is 3. The van der Waals surface area contributed by atoms with Crippen LogP contribution >= 0.6 is 12.4 Å². The predicted octanol–water partition coefficient (Wildman–Crippen LogP) is 2.12. The summed E-state index contributed by atoms with van der Waals surface area (Å²) in [5.41, 5.74) is 0. The first-order valence-corrected chi connectivity index (χ1v) is 7.80. The Labute approximate surface area is 128 Å². The van der Waals surface area contributed by atoms with Crippen LogP contribution < -0.4 is 10.6 Å². The van der Waals surface area contributed by atoms with Crippen LogP contribution in [0, 0.1) is 11.8 Å². The van der Waals surface area contributed by atoms with Crippen LogP contribution in [0.25, 0.3) is 0 Å². The van der Waals surface area contributed by atoms with Crippen molar-refractivity contribution in [2.24, 2.45) is 11.8 Å². The van der Waals surface area contributed by atoms with E-state index >= 15 is 0 Å². The number of carbonyl (C=O) groups excluding carboxylic acids is 1. The molecule has 0 bridgehead atoms. The summed E-state index contributed by atoms with van der Waals surface area (Å²) in [6.45, 7) is 6.39. The van der Waals surface area contributed by atoms with E-state index in [4.69, 9.17) is 4.74 Å². The van der Waals surface area contributed by atoms with E-state index in [-0.39, 0.29) is 30.4 Å². The van der Waals surface area contributed by atoms with Crippen LogP contribution in [0.2, 0.25) is 0 Å². The van der Waals surface area contributed by atoms with E-state index in [1.165, 1.54) is 32.1 Å². The van der Waals surface area contributed by atoms with Crippen molar-refractivity contribution in [2.45, 2.75) is 58.0 Å². The van der Waals surface area contributed by atoms with Gasteiger partial charge in [0.2, 0.25) is 5.91 Å². The molecule has 1 aliphatic carbocycles. The summed E-state index contributed by atoms with van der Waals surface area (Å²) in [6.07, 6.45) is 6.74. The zero-order chi connectivity index (χ0) is 13.7. The smallest absolute Gasteiger partial charge is 0.239 e. The Morgan fingerprint density at radius 1 is 1.25 bits per heavy atom. The zero-order valence-electron chi connectivity index (χ0n) is 12.7. The zero-order valence-corrected chi connectivity index (χ0v) is 13.5. The first-order chi connectivity index (χ1) is 9.18. The fraction of sp³-hybridized carbons (Fsp3) is 0.933. The van der Waals surface area contributed by atoms with E-state index in [0.717, 1.165) is 12.5 Å². The molecule has 20 heavy (non-hydrogen) atoms. The van der Waals surface area contributed by atoms with E-state index in [9.17, 15) is 4.79 Å². The normalized spacial score (nSPS) is 27.2. The average Bonchev–Trinajstić information content (AvgIpc) is 2.48. The number of rotatable bonds is 4. The fourth-order valence-corrected chi connectivity index (χ4v) is 3.26. The van der Waals surface area contributed by atoms with Gasteiger partial charge in [-0.25, -0.2) is 0 Å². The summed E-state index contributed by atoms with van der Waals surface area (Å²) in [6, 6.07) is 0.0779. The number of carbonyl (C=O) groups is 1. The van der Waals surface area contributed by atoms with E-state index in [1.54, 1.807) is 0 Å². The monoisotopic (exact) mass is 304 g/mol. The molecule has 0 aromatic carbocycles. The van der Waals surface area contributed by atoms with Crippen LogP contribution in [0.1, 0.15) is 46.0 Å². The Morgan fingerprint density at radius 3 is 2.55 bits per heavy atom. The number of nitrogens with one attached hydrogen (secondary N) is 2. The summed E-state index contributed by atoms with van der Waals surface area (Å²) in [4.78, 5) is 12.1. The molecule has 0 aromatic rings. The van der Waals surface area contributed by atoms with Crippen LogP contribution in [0.5, 0.6) is 0 Å². The first-order valence-electron chi connectivity index (χ1n) is 7.80. The molecular formula is C15H29ClN2O2. The second kappa shape index (κ2) is 8.85. The van der Waals surface area contributed by atoms with Gasteiger partial charge in [0.05, 0.1) is 13.2 Å². The standard InChI is InChI=1S/C15H28N2O2.ClH/c1-11(13-6-4-3-5-7-13)12(2)17-15(18)14-10-19-9-8-16-14;/h11-14,16H,3-10H2,1-2H3,(H,17,18);1H. The highest BCUT2D eigenvalue weighted by atomic mass is 35.5. The van der Waals surface area contributed by atoms with Crippen LogP contribution in [-0.4, -0.2) is 37.7 Å². The highest BCUT2D eigenvalue weighted by molar-refractivity contribution is 5.85. The van der Waals surface area contributed by atoms with Crippen molar-refractivity contribution in [3.63, 3.8) is 0 Å². The van der Waals surface area contributed by atoms with Crippen LogP contribution in [0.4, 0.5) is 0 Å². The summed E-state index contributed by atoms with van der Waals surface area (Å²) in [5.74, 6) is 1.43. The minimum Gasteiger partial charge on any atom is -0.378 e. The Kier molecular flexibility index (Phi) is 7.85. The van der Waals surface area contributed by atoms with Gasteiger partial charge in [-0.15, -0.1) is 12.4 Å². The Bertz CT molecular complexity index is 290. The van der Waals surface area contributed by atoms with Gasteiger partial charge < -0.3 is 15.4 Å². The molecule has 3 atom stereocenters. The molecule has 1 saturated heterocycles. The minimum atomic E-state index is -0.172. The van der Waals surface area contributed by atoms with Gasteiger partial charge in [-0.05, 0) is 18.8 Å². The lowest BCUT2D eigenvalue weighted by Crippen LogP contribution is -2.54. The molecule has 4 nitrogen and oxygen atoms in total. The van der Waals surface area contributed by atoms with E-state index < -0.39 is 0 Å². The van der Waals surface area contributed by atoms with Crippen molar-refractivity contribution in [2.75, 3.05) is 19.8 Å². The first kappa shape index (κ1) is 17.7. The summed E-state index contributed by atoms with van der Waals surface area (Å²) < 4.78 is 5.34. The minimum absolute atomic E-state index is 0. The van der Waals surface area contributed by atoms with Gasteiger partial charge in [-0.3, -0.25) is 4.79 Å². The van der Waals surface area contributed by atoms with Gasteiger partial charge in [-0.2, -0.15) is 0 Å². The highest BCUT2D eigenvalue weighted by Gasteiger charge is 2.28. The molecule has 2 aliphatic rings. The van der Waals surface area contributed by atoms with Crippen molar-refractivity contribution in [3.05, 3.63) is 0 Å². The highest BCUT2D eigenvalue weighted by Crippen LogP contribution is 2.31. The average molecular weight is 305 g/mol. The Hall–Kier alpha value is -0.320. The third kappa shape index (κ3) is 4.90. The second-order valence-electron chi connectivity index (χ2n) is 6.14. The molecule has 2 fully saturated rings. The lowest BCUT2D eigenvalue weighted by molar-refractivity contribution is -0.127. The molecule has 2 rings (SSSR count). The maximum absolute atomic E-state index is 12.1. The fourth-order valence-electron chi connectivity index (χ4n) is 3.26. The van der Waals surface area contributed by atoms with Gasteiger partial charge in [0.15, 0.2) is 0 Å². The number of ether oxygens (including phenoxy) is 1. The number of amides is 1. The molecule has 5 heteroatoms. The summed E-state index contributed by atoms with van der Waals surface area (Å²) in [5, 5.41) is 6.37. The summed E-state index contributed by atoms with van der Waals surface area (Å²) >= 11 is 0. The van der Waals surface area contributed by atoms with E-state index in [0.29, 0.717) is 19.1 Å². The maximum atomic E-state index is 12.1. The Balaban J connectivity index is 0.00000200. The molecule has 0 aromatic heterocycles. The van der Waals surface area contributed by atoms with Crippen molar-refractivity contribution in [1.82, 2.24) is 10.6 Å². The largest absolute Gasteiger partial charge is 0.378 e. The van der Waals surface area contributed by atoms with Crippen molar-refractivity contribution < 1.29 is 9.53 Å².